The first kappa shape index (κ1) is 22.5. The van der Waals surface area contributed by atoms with Gasteiger partial charge in [0.25, 0.3) is 11.5 Å². The molecule has 0 aliphatic carbocycles. The van der Waals surface area contributed by atoms with E-state index in [0.29, 0.717) is 34.5 Å². The van der Waals surface area contributed by atoms with Gasteiger partial charge in [-0.3, -0.25) is 9.59 Å². The first-order valence-electron chi connectivity index (χ1n) is 10.1. The summed E-state index contributed by atoms with van der Waals surface area (Å²) in [5, 5.41) is 9.80. The van der Waals surface area contributed by atoms with Crippen LogP contribution in [0, 0.1) is 5.41 Å². The normalized spacial score (nSPS) is 11.6. The van der Waals surface area contributed by atoms with Crippen molar-refractivity contribution in [2.24, 2.45) is 5.41 Å². The van der Waals surface area contributed by atoms with Gasteiger partial charge in [-0.05, 0) is 35.7 Å². The number of carbonyl (C=O) groups excluding carboxylic acids is 1. The fraction of sp³-hybridized carbons (Fsp3) is 0.261. The van der Waals surface area contributed by atoms with E-state index < -0.39 is 5.41 Å². The van der Waals surface area contributed by atoms with E-state index in [-0.39, 0.29) is 11.5 Å². The topological polar surface area (TPSA) is 68.9 Å². The number of aromatic nitrogens is 3. The molecule has 0 radical (unpaired) electrons. The molecule has 9 heteroatoms. The predicted molar refractivity (Wildman–Crippen MR) is 132 cm³/mol. The van der Waals surface area contributed by atoms with Gasteiger partial charge in [0.2, 0.25) is 0 Å². The van der Waals surface area contributed by atoms with Crippen LogP contribution < -0.4 is 10.9 Å². The molecule has 0 aliphatic rings. The number of carbonyl (C=O) groups is 1. The molecule has 0 fully saturated rings. The second-order valence-electron chi connectivity index (χ2n) is 8.38. The van der Waals surface area contributed by atoms with Crippen molar-refractivity contribution in [1.82, 2.24) is 14.3 Å². The van der Waals surface area contributed by atoms with E-state index in [2.05, 4.69) is 10.4 Å². The summed E-state index contributed by atoms with van der Waals surface area (Å²) in [6, 6.07) is 13.1. The first-order valence-corrected chi connectivity index (χ1v) is 12.1. The van der Waals surface area contributed by atoms with Crippen molar-refractivity contribution < 1.29 is 4.79 Å². The molecular weight excluding hydrogens is 464 g/mol. The highest BCUT2D eigenvalue weighted by molar-refractivity contribution is 7.16. The summed E-state index contributed by atoms with van der Waals surface area (Å²) < 4.78 is 3.73. The van der Waals surface area contributed by atoms with E-state index in [1.807, 2.05) is 56.5 Å². The molecule has 166 valence electrons. The highest BCUT2D eigenvalue weighted by atomic mass is 35.5. The van der Waals surface area contributed by atoms with E-state index in [0.717, 1.165) is 9.75 Å². The Hall–Kier alpha value is -2.68. The summed E-state index contributed by atoms with van der Waals surface area (Å²) in [6.45, 7) is 6.52. The molecule has 0 unspecified atom stereocenters. The Morgan fingerprint density at radius 3 is 2.62 bits per heavy atom. The molecule has 0 saturated heterocycles. The van der Waals surface area contributed by atoms with Crippen LogP contribution in [0.25, 0.3) is 11.3 Å². The summed E-state index contributed by atoms with van der Waals surface area (Å²) in [6.07, 6.45) is 1.77. The van der Waals surface area contributed by atoms with Gasteiger partial charge in [-0.15, -0.1) is 22.7 Å². The second kappa shape index (κ2) is 9.05. The Balaban J connectivity index is 1.70. The summed E-state index contributed by atoms with van der Waals surface area (Å²) in [4.78, 5) is 28.4. The lowest BCUT2D eigenvalue weighted by atomic mass is 9.96. The summed E-state index contributed by atoms with van der Waals surface area (Å²) >= 11 is 9.11. The van der Waals surface area contributed by atoms with Crippen molar-refractivity contribution in [2.75, 3.05) is 5.32 Å². The minimum atomic E-state index is -0.637. The number of hydrogen-bond donors (Lipinski definition) is 1. The van der Waals surface area contributed by atoms with Crippen LogP contribution in [0.2, 0.25) is 4.34 Å². The number of nitrogens with zero attached hydrogens (tertiary/aromatic N) is 3. The average molecular weight is 487 g/mol. The van der Waals surface area contributed by atoms with Crippen molar-refractivity contribution >= 4 is 46.0 Å². The number of anilines is 1. The third-order valence-electron chi connectivity index (χ3n) is 4.82. The van der Waals surface area contributed by atoms with Crippen LogP contribution in [0.15, 0.2) is 58.8 Å². The Morgan fingerprint density at radius 1 is 1.16 bits per heavy atom. The third kappa shape index (κ3) is 4.87. The van der Waals surface area contributed by atoms with Gasteiger partial charge in [0.05, 0.1) is 23.0 Å². The first-order chi connectivity index (χ1) is 15.2. The third-order valence-corrected chi connectivity index (χ3v) is 6.91. The smallest absolute Gasteiger partial charge is 0.260 e. The lowest BCUT2D eigenvalue weighted by Crippen LogP contribution is -2.29. The fourth-order valence-electron chi connectivity index (χ4n) is 3.16. The standard InChI is InChI=1S/C23H23ClN4O2S2/c1-23(2,3)22(30)28-20(25-13-15-8-9-19(24)32-15)12-18(26-28)17-7-4-10-27(21(17)29)14-16-6-5-11-31-16/h4-12,25H,13-14H2,1-3H3. The maximum atomic E-state index is 13.2. The van der Waals surface area contributed by atoms with Gasteiger partial charge in [-0.2, -0.15) is 9.78 Å². The Bertz CT molecular complexity index is 1300. The van der Waals surface area contributed by atoms with E-state index in [9.17, 15) is 9.59 Å². The molecule has 4 aromatic heterocycles. The molecule has 0 amide bonds. The minimum absolute atomic E-state index is 0.148. The number of pyridine rings is 1. The molecule has 4 heterocycles. The molecule has 32 heavy (non-hydrogen) atoms. The zero-order valence-corrected chi connectivity index (χ0v) is 20.4. The van der Waals surface area contributed by atoms with Gasteiger partial charge in [0, 0.05) is 27.4 Å². The van der Waals surface area contributed by atoms with E-state index in [1.165, 1.54) is 16.0 Å². The molecule has 4 aromatic rings. The Kier molecular flexibility index (Phi) is 6.37. The minimum Gasteiger partial charge on any atom is -0.365 e. The SMILES string of the molecule is CC(C)(C)C(=O)n1nc(-c2cccn(Cc3cccs3)c2=O)cc1NCc1ccc(Cl)s1. The molecule has 0 saturated carbocycles. The number of rotatable bonds is 6. The van der Waals surface area contributed by atoms with E-state index >= 15 is 0 Å². The summed E-state index contributed by atoms with van der Waals surface area (Å²) in [7, 11) is 0. The molecule has 0 spiro atoms. The molecule has 4 rings (SSSR count). The highest BCUT2D eigenvalue weighted by Crippen LogP contribution is 2.26. The van der Waals surface area contributed by atoms with Gasteiger partial charge in [-0.25, -0.2) is 0 Å². The Morgan fingerprint density at radius 2 is 1.97 bits per heavy atom. The van der Waals surface area contributed by atoms with Gasteiger partial charge in [0.1, 0.15) is 11.5 Å². The van der Waals surface area contributed by atoms with Gasteiger partial charge >= 0.3 is 0 Å². The van der Waals surface area contributed by atoms with E-state index in [4.69, 9.17) is 11.6 Å². The van der Waals surface area contributed by atoms with Crippen LogP contribution in [-0.2, 0) is 13.1 Å². The number of nitrogens with one attached hydrogen (secondary N) is 1. The lowest BCUT2D eigenvalue weighted by Gasteiger charge is -2.18. The molecule has 6 nitrogen and oxygen atoms in total. The van der Waals surface area contributed by atoms with Gasteiger partial charge in [0.15, 0.2) is 0 Å². The number of hydrogen-bond acceptors (Lipinski definition) is 6. The van der Waals surface area contributed by atoms with Crippen LogP contribution in [-0.4, -0.2) is 20.3 Å². The largest absolute Gasteiger partial charge is 0.365 e. The predicted octanol–water partition coefficient (Wildman–Crippen LogP) is 5.83. The maximum Gasteiger partial charge on any atom is 0.260 e. The van der Waals surface area contributed by atoms with Crippen molar-refractivity contribution in [1.29, 1.82) is 0 Å². The van der Waals surface area contributed by atoms with Crippen LogP contribution in [0.5, 0.6) is 0 Å². The quantitative estimate of drug-likeness (QED) is 0.372. The van der Waals surface area contributed by atoms with E-state index in [1.54, 1.807) is 34.2 Å². The van der Waals surface area contributed by atoms with Crippen LogP contribution in [0.1, 0.15) is 35.3 Å². The van der Waals surface area contributed by atoms with Crippen molar-refractivity contribution in [2.45, 2.75) is 33.9 Å². The molecule has 0 bridgehead atoms. The molecule has 0 aliphatic heterocycles. The monoisotopic (exact) mass is 486 g/mol. The molecular formula is C23H23ClN4O2S2. The zero-order valence-electron chi connectivity index (χ0n) is 18.0. The molecule has 1 N–H and O–H groups in total. The van der Waals surface area contributed by atoms with Crippen LogP contribution in [0.3, 0.4) is 0 Å². The lowest BCUT2D eigenvalue weighted by molar-refractivity contribution is 0.0752. The maximum absolute atomic E-state index is 13.2. The van der Waals surface area contributed by atoms with Crippen LogP contribution >= 0.6 is 34.3 Å². The summed E-state index contributed by atoms with van der Waals surface area (Å²) in [5.74, 6) is 0.378. The van der Waals surface area contributed by atoms with Crippen molar-refractivity contribution in [3.63, 3.8) is 0 Å². The Labute approximate surface area is 199 Å². The number of halogens is 1. The van der Waals surface area contributed by atoms with Gasteiger partial charge < -0.3 is 9.88 Å². The van der Waals surface area contributed by atoms with Crippen molar-refractivity contribution in [3.05, 3.63) is 78.5 Å². The van der Waals surface area contributed by atoms with Gasteiger partial charge in [-0.1, -0.05) is 38.4 Å². The molecule has 0 atom stereocenters. The molecule has 0 aromatic carbocycles. The highest BCUT2D eigenvalue weighted by Gasteiger charge is 2.27. The average Bonchev–Trinajstić information content (AvgIpc) is 3.48. The second-order valence-corrected chi connectivity index (χ2v) is 11.2. The van der Waals surface area contributed by atoms with Crippen molar-refractivity contribution in [3.8, 4) is 11.3 Å². The zero-order chi connectivity index (χ0) is 22.9. The van der Waals surface area contributed by atoms with Crippen LogP contribution in [0.4, 0.5) is 5.82 Å². The fourth-order valence-corrected chi connectivity index (χ4v) is 4.89. The summed E-state index contributed by atoms with van der Waals surface area (Å²) in [5.41, 5.74) is 0.124. The number of thiophene rings is 2.